The molecule has 0 radical (unpaired) electrons. The van der Waals surface area contributed by atoms with Crippen LogP contribution in [0.4, 0.5) is 23.0 Å². The summed E-state index contributed by atoms with van der Waals surface area (Å²) in [6.07, 6.45) is 4.88. The Kier molecular flexibility index (Phi) is 3.57. The summed E-state index contributed by atoms with van der Waals surface area (Å²) < 4.78 is 0. The standard InChI is InChI=1S/C12H16N6/c1-8(2)17-11-10(13)12(16-7-15-11)18-9-3-5-14-6-4-9/h3-8H,13H2,1-2H3,(H2,14,15,16,17,18). The Bertz CT molecular complexity index is 511. The molecule has 6 nitrogen and oxygen atoms in total. The van der Waals surface area contributed by atoms with E-state index in [1.54, 1.807) is 12.4 Å². The molecule has 0 saturated carbocycles. The van der Waals surface area contributed by atoms with E-state index in [2.05, 4.69) is 25.6 Å². The van der Waals surface area contributed by atoms with Gasteiger partial charge in [-0.25, -0.2) is 9.97 Å². The second-order valence-corrected chi connectivity index (χ2v) is 4.14. The van der Waals surface area contributed by atoms with Crippen molar-refractivity contribution in [3.05, 3.63) is 30.9 Å². The number of pyridine rings is 1. The molecule has 0 saturated heterocycles. The molecule has 4 N–H and O–H groups in total. The Labute approximate surface area is 106 Å². The van der Waals surface area contributed by atoms with Crippen LogP contribution in [0.1, 0.15) is 13.8 Å². The van der Waals surface area contributed by atoms with Gasteiger partial charge in [-0.05, 0) is 26.0 Å². The Hall–Kier alpha value is -2.37. The summed E-state index contributed by atoms with van der Waals surface area (Å²) in [6, 6.07) is 3.95. The third-order valence-corrected chi connectivity index (χ3v) is 2.25. The molecule has 2 heterocycles. The summed E-state index contributed by atoms with van der Waals surface area (Å²) >= 11 is 0. The third-order valence-electron chi connectivity index (χ3n) is 2.25. The molecule has 0 aliphatic rings. The zero-order chi connectivity index (χ0) is 13.0. The van der Waals surface area contributed by atoms with Crippen molar-refractivity contribution in [3.63, 3.8) is 0 Å². The molecule has 94 valence electrons. The smallest absolute Gasteiger partial charge is 0.159 e. The van der Waals surface area contributed by atoms with Crippen molar-refractivity contribution in [3.8, 4) is 0 Å². The average molecular weight is 244 g/mol. The highest BCUT2D eigenvalue weighted by Crippen LogP contribution is 2.25. The molecule has 0 atom stereocenters. The molecule has 0 aliphatic carbocycles. The Morgan fingerprint density at radius 2 is 1.78 bits per heavy atom. The first-order valence-electron chi connectivity index (χ1n) is 5.71. The van der Waals surface area contributed by atoms with E-state index < -0.39 is 0 Å². The van der Waals surface area contributed by atoms with Crippen molar-refractivity contribution in [2.45, 2.75) is 19.9 Å². The van der Waals surface area contributed by atoms with Crippen LogP contribution < -0.4 is 16.4 Å². The quantitative estimate of drug-likeness (QED) is 0.762. The second kappa shape index (κ2) is 5.31. The van der Waals surface area contributed by atoms with Crippen LogP contribution in [0.5, 0.6) is 0 Å². The van der Waals surface area contributed by atoms with Gasteiger partial charge in [0, 0.05) is 24.1 Å². The van der Waals surface area contributed by atoms with Crippen LogP contribution in [-0.2, 0) is 0 Å². The van der Waals surface area contributed by atoms with Gasteiger partial charge >= 0.3 is 0 Å². The molecular weight excluding hydrogens is 228 g/mol. The van der Waals surface area contributed by atoms with Crippen LogP contribution in [0, 0.1) is 0 Å². The Morgan fingerprint density at radius 3 is 2.44 bits per heavy atom. The fraction of sp³-hybridized carbons (Fsp3) is 0.250. The fourth-order valence-electron chi connectivity index (χ4n) is 1.46. The maximum atomic E-state index is 6.01. The summed E-state index contributed by atoms with van der Waals surface area (Å²) in [5, 5.41) is 6.30. The summed E-state index contributed by atoms with van der Waals surface area (Å²) in [5.41, 5.74) is 7.40. The lowest BCUT2D eigenvalue weighted by molar-refractivity contribution is 0.887. The van der Waals surface area contributed by atoms with Gasteiger partial charge in [0.1, 0.15) is 12.0 Å². The lowest BCUT2D eigenvalue weighted by Gasteiger charge is -2.14. The van der Waals surface area contributed by atoms with Gasteiger partial charge in [-0.15, -0.1) is 0 Å². The minimum atomic E-state index is 0.260. The van der Waals surface area contributed by atoms with Crippen LogP contribution in [0.25, 0.3) is 0 Å². The molecule has 0 fully saturated rings. The van der Waals surface area contributed by atoms with Crippen molar-refractivity contribution in [2.75, 3.05) is 16.4 Å². The molecule has 18 heavy (non-hydrogen) atoms. The maximum absolute atomic E-state index is 6.01. The van der Waals surface area contributed by atoms with Crippen LogP contribution in [0.2, 0.25) is 0 Å². The van der Waals surface area contributed by atoms with Crippen LogP contribution in [0.3, 0.4) is 0 Å². The number of hydrogen-bond acceptors (Lipinski definition) is 6. The van der Waals surface area contributed by atoms with E-state index in [1.165, 1.54) is 6.33 Å². The number of aromatic nitrogens is 3. The summed E-state index contributed by atoms with van der Waals surface area (Å²) in [5.74, 6) is 1.22. The predicted molar refractivity (Wildman–Crippen MR) is 72.7 cm³/mol. The lowest BCUT2D eigenvalue weighted by Crippen LogP contribution is -2.14. The number of nitrogens with one attached hydrogen (secondary N) is 2. The van der Waals surface area contributed by atoms with E-state index in [-0.39, 0.29) is 6.04 Å². The minimum Gasteiger partial charge on any atom is -0.393 e. The summed E-state index contributed by atoms with van der Waals surface area (Å²) in [4.78, 5) is 12.2. The molecule has 6 heteroatoms. The van der Waals surface area contributed by atoms with Crippen molar-refractivity contribution in [1.82, 2.24) is 15.0 Å². The number of rotatable bonds is 4. The minimum absolute atomic E-state index is 0.260. The molecular formula is C12H16N6. The molecule has 0 aromatic carbocycles. The fourth-order valence-corrected chi connectivity index (χ4v) is 1.46. The molecule has 0 amide bonds. The highest BCUT2D eigenvalue weighted by molar-refractivity contribution is 5.77. The van der Waals surface area contributed by atoms with Crippen LogP contribution in [0.15, 0.2) is 30.9 Å². The van der Waals surface area contributed by atoms with Gasteiger partial charge in [-0.2, -0.15) is 0 Å². The topological polar surface area (TPSA) is 88.8 Å². The number of nitrogens with two attached hydrogens (primary N) is 1. The normalized spacial score (nSPS) is 10.4. The van der Waals surface area contributed by atoms with Crippen molar-refractivity contribution < 1.29 is 0 Å². The van der Waals surface area contributed by atoms with Gasteiger partial charge in [0.05, 0.1) is 0 Å². The van der Waals surface area contributed by atoms with E-state index in [9.17, 15) is 0 Å². The number of nitrogens with zero attached hydrogens (tertiary/aromatic N) is 3. The lowest BCUT2D eigenvalue weighted by atomic mass is 10.3. The molecule has 0 aliphatic heterocycles. The first kappa shape index (κ1) is 12.1. The number of hydrogen-bond donors (Lipinski definition) is 3. The van der Waals surface area contributed by atoms with Gasteiger partial charge in [0.15, 0.2) is 11.6 Å². The molecule has 0 spiro atoms. The number of anilines is 4. The zero-order valence-electron chi connectivity index (χ0n) is 10.4. The van der Waals surface area contributed by atoms with Gasteiger partial charge < -0.3 is 16.4 Å². The molecule has 0 unspecified atom stereocenters. The average Bonchev–Trinajstić information content (AvgIpc) is 2.35. The Morgan fingerprint density at radius 1 is 1.11 bits per heavy atom. The van der Waals surface area contributed by atoms with E-state index in [4.69, 9.17) is 5.73 Å². The zero-order valence-corrected chi connectivity index (χ0v) is 10.4. The highest BCUT2D eigenvalue weighted by Gasteiger charge is 2.08. The van der Waals surface area contributed by atoms with Gasteiger partial charge in [-0.3, -0.25) is 4.98 Å². The molecule has 2 rings (SSSR count). The molecule has 2 aromatic heterocycles. The molecule has 2 aromatic rings. The van der Waals surface area contributed by atoms with Gasteiger partial charge in [-0.1, -0.05) is 0 Å². The van der Waals surface area contributed by atoms with E-state index in [0.29, 0.717) is 17.3 Å². The first-order chi connectivity index (χ1) is 8.66. The van der Waals surface area contributed by atoms with Gasteiger partial charge in [0.2, 0.25) is 0 Å². The highest BCUT2D eigenvalue weighted by atomic mass is 15.1. The Balaban J connectivity index is 2.23. The maximum Gasteiger partial charge on any atom is 0.159 e. The van der Waals surface area contributed by atoms with Crippen LogP contribution in [-0.4, -0.2) is 21.0 Å². The van der Waals surface area contributed by atoms with Crippen molar-refractivity contribution in [1.29, 1.82) is 0 Å². The first-order valence-corrected chi connectivity index (χ1v) is 5.71. The summed E-state index contributed by atoms with van der Waals surface area (Å²) in [6.45, 7) is 4.05. The largest absolute Gasteiger partial charge is 0.393 e. The van der Waals surface area contributed by atoms with Crippen molar-refractivity contribution in [2.24, 2.45) is 0 Å². The molecule has 0 bridgehead atoms. The third kappa shape index (κ3) is 2.85. The van der Waals surface area contributed by atoms with Gasteiger partial charge in [0.25, 0.3) is 0 Å². The van der Waals surface area contributed by atoms with E-state index in [1.807, 2.05) is 26.0 Å². The summed E-state index contributed by atoms with van der Waals surface area (Å²) in [7, 11) is 0. The predicted octanol–water partition coefficient (Wildman–Crippen LogP) is 2.02. The van der Waals surface area contributed by atoms with Crippen molar-refractivity contribution >= 4 is 23.0 Å². The number of nitrogen functional groups attached to an aromatic ring is 1. The SMILES string of the molecule is CC(C)Nc1ncnc(Nc2ccncc2)c1N. The monoisotopic (exact) mass is 244 g/mol. The second-order valence-electron chi connectivity index (χ2n) is 4.14. The van der Waals surface area contributed by atoms with E-state index >= 15 is 0 Å². The van der Waals surface area contributed by atoms with Crippen LogP contribution >= 0.6 is 0 Å². The van der Waals surface area contributed by atoms with E-state index in [0.717, 1.165) is 5.69 Å².